The molecule has 0 bridgehead atoms. The number of anilines is 2. The Morgan fingerprint density at radius 2 is 1.95 bits per heavy atom. The highest BCUT2D eigenvalue weighted by Crippen LogP contribution is 2.33. The molecule has 0 radical (unpaired) electrons. The first kappa shape index (κ1) is 14.0. The number of fused-ring (bicyclic) bond motifs is 1. The summed E-state index contributed by atoms with van der Waals surface area (Å²) in [5, 5.41) is 0. The van der Waals surface area contributed by atoms with Gasteiger partial charge in [-0.1, -0.05) is 24.3 Å². The molecule has 21 heavy (non-hydrogen) atoms. The van der Waals surface area contributed by atoms with Crippen LogP contribution in [0.15, 0.2) is 48.5 Å². The molecule has 3 heteroatoms. The SMILES string of the molecule is COc1ccc2c(c1)N(c1ccccc1)CCOC(C)C2. The molecule has 1 aliphatic heterocycles. The van der Waals surface area contributed by atoms with Gasteiger partial charge in [0.25, 0.3) is 0 Å². The smallest absolute Gasteiger partial charge is 0.120 e. The Balaban J connectivity index is 2.07. The molecule has 0 aliphatic carbocycles. The summed E-state index contributed by atoms with van der Waals surface area (Å²) in [7, 11) is 1.71. The van der Waals surface area contributed by atoms with Crippen LogP contribution in [0, 0.1) is 0 Å². The zero-order valence-electron chi connectivity index (χ0n) is 12.6. The topological polar surface area (TPSA) is 21.7 Å². The van der Waals surface area contributed by atoms with E-state index in [-0.39, 0.29) is 6.10 Å². The van der Waals surface area contributed by atoms with E-state index in [1.165, 1.54) is 16.9 Å². The second-order valence-corrected chi connectivity index (χ2v) is 5.37. The molecule has 0 aromatic heterocycles. The average Bonchev–Trinajstić information content (AvgIpc) is 2.51. The van der Waals surface area contributed by atoms with E-state index in [9.17, 15) is 0 Å². The summed E-state index contributed by atoms with van der Waals surface area (Å²) >= 11 is 0. The van der Waals surface area contributed by atoms with Crippen LogP contribution in [0.1, 0.15) is 12.5 Å². The Morgan fingerprint density at radius 3 is 2.71 bits per heavy atom. The van der Waals surface area contributed by atoms with E-state index in [0.717, 1.165) is 25.3 Å². The molecule has 0 saturated heterocycles. The predicted molar refractivity (Wildman–Crippen MR) is 85.6 cm³/mol. The maximum Gasteiger partial charge on any atom is 0.120 e. The minimum atomic E-state index is 0.245. The van der Waals surface area contributed by atoms with E-state index in [0.29, 0.717) is 0 Å². The molecular weight excluding hydrogens is 262 g/mol. The van der Waals surface area contributed by atoms with Crippen LogP contribution in [0.4, 0.5) is 11.4 Å². The van der Waals surface area contributed by atoms with Gasteiger partial charge >= 0.3 is 0 Å². The molecule has 1 unspecified atom stereocenters. The second-order valence-electron chi connectivity index (χ2n) is 5.37. The van der Waals surface area contributed by atoms with Crippen molar-refractivity contribution in [1.29, 1.82) is 0 Å². The fourth-order valence-electron chi connectivity index (χ4n) is 2.80. The van der Waals surface area contributed by atoms with Crippen molar-refractivity contribution >= 4 is 11.4 Å². The normalized spacial score (nSPS) is 18.6. The molecule has 0 saturated carbocycles. The Kier molecular flexibility index (Phi) is 4.11. The van der Waals surface area contributed by atoms with Gasteiger partial charge < -0.3 is 14.4 Å². The Hall–Kier alpha value is -2.00. The van der Waals surface area contributed by atoms with Gasteiger partial charge in [0.15, 0.2) is 0 Å². The van der Waals surface area contributed by atoms with Gasteiger partial charge in [-0.2, -0.15) is 0 Å². The van der Waals surface area contributed by atoms with Crippen LogP contribution in [0.3, 0.4) is 0 Å². The molecule has 2 aromatic carbocycles. The second kappa shape index (κ2) is 6.19. The van der Waals surface area contributed by atoms with E-state index < -0.39 is 0 Å². The van der Waals surface area contributed by atoms with Gasteiger partial charge in [0.1, 0.15) is 5.75 Å². The summed E-state index contributed by atoms with van der Waals surface area (Å²) in [5.41, 5.74) is 3.70. The Bertz CT molecular complexity index is 597. The maximum atomic E-state index is 5.88. The highest BCUT2D eigenvalue weighted by Gasteiger charge is 2.19. The predicted octanol–water partition coefficient (Wildman–Crippen LogP) is 3.79. The van der Waals surface area contributed by atoms with Gasteiger partial charge in [-0.05, 0) is 30.7 Å². The van der Waals surface area contributed by atoms with E-state index in [2.05, 4.69) is 48.2 Å². The maximum absolute atomic E-state index is 5.88. The molecule has 3 nitrogen and oxygen atoms in total. The molecule has 1 heterocycles. The van der Waals surface area contributed by atoms with Crippen LogP contribution in [0.25, 0.3) is 0 Å². The lowest BCUT2D eigenvalue weighted by atomic mass is 10.0. The fourth-order valence-corrected chi connectivity index (χ4v) is 2.80. The summed E-state index contributed by atoms with van der Waals surface area (Å²) in [6, 6.07) is 16.7. The first-order chi connectivity index (χ1) is 10.3. The van der Waals surface area contributed by atoms with Crippen molar-refractivity contribution in [3.05, 3.63) is 54.1 Å². The van der Waals surface area contributed by atoms with Crippen molar-refractivity contribution in [2.24, 2.45) is 0 Å². The number of hydrogen-bond donors (Lipinski definition) is 0. The molecule has 2 aromatic rings. The third-order valence-electron chi connectivity index (χ3n) is 3.88. The first-order valence-electron chi connectivity index (χ1n) is 7.39. The number of ether oxygens (including phenoxy) is 2. The van der Waals surface area contributed by atoms with Crippen LogP contribution in [0.5, 0.6) is 5.75 Å². The lowest BCUT2D eigenvalue weighted by Gasteiger charge is -2.31. The molecule has 0 N–H and O–H groups in total. The molecule has 0 spiro atoms. The lowest BCUT2D eigenvalue weighted by molar-refractivity contribution is 0.0703. The van der Waals surface area contributed by atoms with Crippen molar-refractivity contribution in [1.82, 2.24) is 0 Å². The van der Waals surface area contributed by atoms with Crippen LogP contribution < -0.4 is 9.64 Å². The molecule has 0 amide bonds. The fraction of sp³-hybridized carbons (Fsp3) is 0.333. The molecule has 3 rings (SSSR count). The largest absolute Gasteiger partial charge is 0.497 e. The number of para-hydroxylation sites is 1. The van der Waals surface area contributed by atoms with Gasteiger partial charge in [-0.3, -0.25) is 0 Å². The van der Waals surface area contributed by atoms with E-state index >= 15 is 0 Å². The third-order valence-corrected chi connectivity index (χ3v) is 3.88. The summed E-state index contributed by atoms with van der Waals surface area (Å²) in [4.78, 5) is 2.31. The zero-order chi connectivity index (χ0) is 14.7. The highest BCUT2D eigenvalue weighted by atomic mass is 16.5. The average molecular weight is 283 g/mol. The zero-order valence-corrected chi connectivity index (χ0v) is 12.6. The number of rotatable bonds is 2. The standard InChI is InChI=1S/C18H21NO2/c1-14-12-15-8-9-17(20-2)13-18(15)19(10-11-21-14)16-6-4-3-5-7-16/h3-9,13-14H,10-12H2,1-2H3. The molecule has 0 fully saturated rings. The van der Waals surface area contributed by atoms with Crippen molar-refractivity contribution in [2.75, 3.05) is 25.2 Å². The van der Waals surface area contributed by atoms with Crippen LogP contribution in [0.2, 0.25) is 0 Å². The van der Waals surface area contributed by atoms with Gasteiger partial charge in [-0.25, -0.2) is 0 Å². The lowest BCUT2D eigenvalue weighted by Crippen LogP contribution is -2.29. The Morgan fingerprint density at radius 1 is 1.14 bits per heavy atom. The monoisotopic (exact) mass is 283 g/mol. The number of methoxy groups -OCH3 is 1. The quantitative estimate of drug-likeness (QED) is 0.837. The highest BCUT2D eigenvalue weighted by molar-refractivity contribution is 5.68. The Labute approximate surface area is 126 Å². The first-order valence-corrected chi connectivity index (χ1v) is 7.39. The summed E-state index contributed by atoms with van der Waals surface area (Å²) in [5.74, 6) is 0.892. The molecular formula is C18H21NO2. The number of hydrogen-bond acceptors (Lipinski definition) is 3. The molecule has 110 valence electrons. The van der Waals surface area contributed by atoms with Crippen molar-refractivity contribution < 1.29 is 9.47 Å². The van der Waals surface area contributed by atoms with Crippen molar-refractivity contribution in [2.45, 2.75) is 19.4 Å². The minimum Gasteiger partial charge on any atom is -0.497 e. The summed E-state index contributed by atoms with van der Waals surface area (Å²) in [6.07, 6.45) is 1.16. The van der Waals surface area contributed by atoms with Gasteiger partial charge in [0, 0.05) is 30.4 Å². The van der Waals surface area contributed by atoms with Gasteiger partial charge in [0.2, 0.25) is 0 Å². The van der Waals surface area contributed by atoms with Crippen molar-refractivity contribution in [3.63, 3.8) is 0 Å². The van der Waals surface area contributed by atoms with Gasteiger partial charge in [0.05, 0.1) is 19.8 Å². The van der Waals surface area contributed by atoms with E-state index in [1.807, 2.05) is 12.1 Å². The van der Waals surface area contributed by atoms with Crippen LogP contribution in [-0.4, -0.2) is 26.4 Å². The molecule has 1 aliphatic rings. The third kappa shape index (κ3) is 3.03. The minimum absolute atomic E-state index is 0.245. The number of nitrogens with zero attached hydrogens (tertiary/aromatic N) is 1. The van der Waals surface area contributed by atoms with E-state index in [4.69, 9.17) is 9.47 Å². The molecule has 1 atom stereocenters. The van der Waals surface area contributed by atoms with Gasteiger partial charge in [-0.15, -0.1) is 0 Å². The van der Waals surface area contributed by atoms with Crippen molar-refractivity contribution in [3.8, 4) is 5.75 Å². The summed E-state index contributed by atoms with van der Waals surface area (Å²) in [6.45, 7) is 3.70. The number of benzene rings is 2. The van der Waals surface area contributed by atoms with Crippen LogP contribution >= 0.6 is 0 Å². The summed E-state index contributed by atoms with van der Waals surface area (Å²) < 4.78 is 11.3. The van der Waals surface area contributed by atoms with Crippen LogP contribution in [-0.2, 0) is 11.2 Å². The van der Waals surface area contributed by atoms with E-state index in [1.54, 1.807) is 7.11 Å².